The van der Waals surface area contributed by atoms with Crippen molar-refractivity contribution < 1.29 is 14.7 Å². The lowest BCUT2D eigenvalue weighted by Crippen LogP contribution is -2.48. The Morgan fingerprint density at radius 2 is 1.70 bits per heavy atom. The Morgan fingerprint density at radius 1 is 1.13 bits per heavy atom. The molecule has 1 amide bonds. The standard InChI is InChI=1S/C18H23NO3S/c20-16(21)12-5-7-15(8-6-12)19-17(22)18(11-23)9-13-3-1-2-4-14(13)10-18/h1-4,12,15,23H,5-11H2,(H,19,22)(H,20,21). The summed E-state index contributed by atoms with van der Waals surface area (Å²) in [7, 11) is 0. The predicted octanol–water partition coefficient (Wildman–Crippen LogP) is 2.46. The minimum atomic E-state index is -0.715. The molecule has 4 nitrogen and oxygen atoms in total. The van der Waals surface area contributed by atoms with Gasteiger partial charge in [-0.2, -0.15) is 12.6 Å². The maximum Gasteiger partial charge on any atom is 0.306 e. The second kappa shape index (κ2) is 6.56. The maximum absolute atomic E-state index is 12.9. The SMILES string of the molecule is O=C(O)C1CCC(NC(=O)C2(CS)Cc3ccccc3C2)CC1. The first-order chi connectivity index (χ1) is 11.0. The van der Waals surface area contributed by atoms with Crippen LogP contribution in [0.4, 0.5) is 0 Å². The van der Waals surface area contributed by atoms with Gasteiger partial charge in [-0.3, -0.25) is 9.59 Å². The van der Waals surface area contributed by atoms with Gasteiger partial charge in [-0.05, 0) is 49.7 Å². The van der Waals surface area contributed by atoms with Crippen LogP contribution in [0.15, 0.2) is 24.3 Å². The number of hydrogen-bond acceptors (Lipinski definition) is 3. The lowest BCUT2D eigenvalue weighted by Gasteiger charge is -2.32. The lowest BCUT2D eigenvalue weighted by molar-refractivity contribution is -0.142. The van der Waals surface area contributed by atoms with Gasteiger partial charge in [0.05, 0.1) is 11.3 Å². The Balaban J connectivity index is 1.63. The molecular weight excluding hydrogens is 310 g/mol. The first-order valence-corrected chi connectivity index (χ1v) is 8.89. The number of amides is 1. The largest absolute Gasteiger partial charge is 0.481 e. The Bertz CT molecular complexity index is 583. The summed E-state index contributed by atoms with van der Waals surface area (Å²) in [6.07, 6.45) is 4.27. The molecule has 0 saturated heterocycles. The molecule has 1 aromatic rings. The van der Waals surface area contributed by atoms with E-state index in [9.17, 15) is 9.59 Å². The summed E-state index contributed by atoms with van der Waals surface area (Å²) in [5.74, 6) is -0.370. The molecule has 5 heteroatoms. The van der Waals surface area contributed by atoms with E-state index in [0.717, 1.165) is 25.7 Å². The van der Waals surface area contributed by atoms with Gasteiger partial charge in [0.15, 0.2) is 0 Å². The molecule has 2 N–H and O–H groups in total. The molecular formula is C18H23NO3S. The molecule has 1 aromatic carbocycles. The molecule has 3 rings (SSSR count). The number of carbonyl (C=O) groups excluding carboxylic acids is 1. The van der Waals surface area contributed by atoms with Crippen LogP contribution in [0.25, 0.3) is 0 Å². The summed E-state index contributed by atoms with van der Waals surface area (Å²) in [5, 5.41) is 12.2. The van der Waals surface area contributed by atoms with Gasteiger partial charge in [-0.15, -0.1) is 0 Å². The maximum atomic E-state index is 12.9. The fraction of sp³-hybridized carbons (Fsp3) is 0.556. The zero-order valence-corrected chi connectivity index (χ0v) is 14.0. The molecule has 1 fully saturated rings. The first-order valence-electron chi connectivity index (χ1n) is 8.25. The summed E-state index contributed by atoms with van der Waals surface area (Å²) in [4.78, 5) is 23.9. The third-order valence-electron chi connectivity index (χ3n) is 5.37. The van der Waals surface area contributed by atoms with Gasteiger partial charge < -0.3 is 10.4 Å². The summed E-state index contributed by atoms with van der Waals surface area (Å²) in [5.41, 5.74) is 2.02. The van der Waals surface area contributed by atoms with Crippen LogP contribution in [0.3, 0.4) is 0 Å². The highest BCUT2D eigenvalue weighted by atomic mass is 32.1. The third kappa shape index (κ3) is 3.25. The monoisotopic (exact) mass is 333 g/mol. The molecule has 2 aliphatic rings. The number of benzene rings is 1. The highest BCUT2D eigenvalue weighted by Crippen LogP contribution is 2.38. The van der Waals surface area contributed by atoms with Crippen molar-refractivity contribution in [2.45, 2.75) is 44.6 Å². The van der Waals surface area contributed by atoms with E-state index in [-0.39, 0.29) is 17.9 Å². The van der Waals surface area contributed by atoms with Gasteiger partial charge in [-0.25, -0.2) is 0 Å². The molecule has 0 aromatic heterocycles. The van der Waals surface area contributed by atoms with E-state index in [1.807, 2.05) is 12.1 Å². The average molecular weight is 333 g/mol. The number of carbonyl (C=O) groups is 2. The van der Waals surface area contributed by atoms with Crippen molar-refractivity contribution in [3.05, 3.63) is 35.4 Å². The molecule has 1 saturated carbocycles. The molecule has 0 atom stereocenters. The zero-order valence-electron chi connectivity index (χ0n) is 13.1. The van der Waals surface area contributed by atoms with Crippen LogP contribution in [0.5, 0.6) is 0 Å². The van der Waals surface area contributed by atoms with Crippen molar-refractivity contribution in [2.24, 2.45) is 11.3 Å². The molecule has 0 radical (unpaired) electrons. The summed E-state index contributed by atoms with van der Waals surface area (Å²) in [6.45, 7) is 0. The summed E-state index contributed by atoms with van der Waals surface area (Å²) < 4.78 is 0. The number of carboxylic acid groups (broad SMARTS) is 1. The molecule has 0 unspecified atom stereocenters. The second-order valence-electron chi connectivity index (χ2n) is 6.92. The van der Waals surface area contributed by atoms with E-state index < -0.39 is 11.4 Å². The van der Waals surface area contributed by atoms with E-state index in [1.165, 1.54) is 11.1 Å². The van der Waals surface area contributed by atoms with Crippen molar-refractivity contribution in [2.75, 3.05) is 5.75 Å². The fourth-order valence-electron chi connectivity index (χ4n) is 3.86. The summed E-state index contributed by atoms with van der Waals surface area (Å²) >= 11 is 4.47. The number of rotatable bonds is 4. The Hall–Kier alpha value is -1.49. The number of aliphatic carboxylic acids is 1. The van der Waals surface area contributed by atoms with E-state index in [1.54, 1.807) is 0 Å². The summed E-state index contributed by atoms with van der Waals surface area (Å²) in [6, 6.07) is 8.30. The highest BCUT2D eigenvalue weighted by Gasteiger charge is 2.43. The molecule has 0 aliphatic heterocycles. The van der Waals surface area contributed by atoms with Crippen molar-refractivity contribution in [1.82, 2.24) is 5.32 Å². The van der Waals surface area contributed by atoms with Crippen LogP contribution in [0.2, 0.25) is 0 Å². The van der Waals surface area contributed by atoms with Gasteiger partial charge in [0.25, 0.3) is 0 Å². The zero-order chi connectivity index (χ0) is 16.4. The molecule has 0 bridgehead atoms. The number of thiol groups is 1. The van der Waals surface area contributed by atoms with Crippen LogP contribution in [0.1, 0.15) is 36.8 Å². The Morgan fingerprint density at radius 3 is 2.17 bits per heavy atom. The van der Waals surface area contributed by atoms with Gasteiger partial charge >= 0.3 is 5.97 Å². The highest BCUT2D eigenvalue weighted by molar-refractivity contribution is 7.80. The fourth-order valence-corrected chi connectivity index (χ4v) is 4.23. The van der Waals surface area contributed by atoms with Crippen molar-refractivity contribution in [3.63, 3.8) is 0 Å². The van der Waals surface area contributed by atoms with E-state index in [0.29, 0.717) is 18.6 Å². The third-order valence-corrected chi connectivity index (χ3v) is 5.98. The molecule has 2 aliphatic carbocycles. The molecule has 23 heavy (non-hydrogen) atoms. The predicted molar refractivity (Wildman–Crippen MR) is 91.7 cm³/mol. The Labute approximate surface area is 142 Å². The smallest absolute Gasteiger partial charge is 0.306 e. The number of nitrogens with one attached hydrogen (secondary N) is 1. The van der Waals surface area contributed by atoms with Crippen molar-refractivity contribution >= 4 is 24.5 Å². The second-order valence-corrected chi connectivity index (χ2v) is 7.24. The minimum Gasteiger partial charge on any atom is -0.481 e. The quantitative estimate of drug-likeness (QED) is 0.742. The molecule has 124 valence electrons. The minimum absolute atomic E-state index is 0.0717. The van der Waals surface area contributed by atoms with Crippen LogP contribution < -0.4 is 5.32 Å². The van der Waals surface area contributed by atoms with Crippen molar-refractivity contribution in [3.8, 4) is 0 Å². The number of hydrogen-bond donors (Lipinski definition) is 3. The lowest BCUT2D eigenvalue weighted by atomic mass is 9.83. The number of fused-ring (bicyclic) bond motifs is 1. The van der Waals surface area contributed by atoms with Crippen molar-refractivity contribution in [1.29, 1.82) is 0 Å². The average Bonchev–Trinajstić information content (AvgIpc) is 2.95. The number of carboxylic acids is 1. The van der Waals surface area contributed by atoms with Gasteiger partial charge in [-0.1, -0.05) is 24.3 Å². The van der Waals surface area contributed by atoms with E-state index in [2.05, 4.69) is 30.1 Å². The van der Waals surface area contributed by atoms with Gasteiger partial charge in [0, 0.05) is 11.8 Å². The first kappa shape index (κ1) is 16.4. The Kier molecular flexibility index (Phi) is 4.67. The van der Waals surface area contributed by atoms with E-state index in [4.69, 9.17) is 5.11 Å². The van der Waals surface area contributed by atoms with E-state index >= 15 is 0 Å². The van der Waals surface area contributed by atoms with Crippen LogP contribution >= 0.6 is 12.6 Å². The van der Waals surface area contributed by atoms with Gasteiger partial charge in [0.2, 0.25) is 5.91 Å². The molecule has 0 spiro atoms. The topological polar surface area (TPSA) is 66.4 Å². The van der Waals surface area contributed by atoms with Crippen LogP contribution in [-0.2, 0) is 22.4 Å². The van der Waals surface area contributed by atoms with Crippen LogP contribution in [0, 0.1) is 11.3 Å². The van der Waals surface area contributed by atoms with Gasteiger partial charge in [0.1, 0.15) is 0 Å². The van der Waals surface area contributed by atoms with Crippen LogP contribution in [-0.4, -0.2) is 28.8 Å². The normalized spacial score (nSPS) is 25.6. The molecule has 0 heterocycles.